The first-order chi connectivity index (χ1) is 44.5. The fourth-order valence-corrected chi connectivity index (χ4v) is 11.6. The second kappa shape index (κ2) is 34.4. The first-order valence-corrected chi connectivity index (χ1v) is 31.3. The Balaban J connectivity index is 1.02. The lowest BCUT2D eigenvalue weighted by Gasteiger charge is -2.31. The number of primary amides is 2. The monoisotopic (exact) mass is 1280 g/mol. The van der Waals surface area contributed by atoms with Gasteiger partial charge in [0.15, 0.2) is 17.5 Å². The van der Waals surface area contributed by atoms with Crippen molar-refractivity contribution in [2.75, 3.05) is 33.2 Å². The number of carbonyl (C=O) groups excluding carboxylic acids is 10. The second-order valence-electron chi connectivity index (χ2n) is 24.1. The van der Waals surface area contributed by atoms with E-state index >= 15 is 0 Å². The van der Waals surface area contributed by atoms with Crippen molar-refractivity contribution in [3.05, 3.63) is 138 Å². The number of amides is 9. The Morgan fingerprint density at radius 3 is 1.82 bits per heavy atom. The normalized spacial score (nSPS) is 15.6. The van der Waals surface area contributed by atoms with Crippen LogP contribution in [0.15, 0.2) is 121 Å². The quantitative estimate of drug-likeness (QED) is 0.0154. The number of Topliss-reactive ketones (excluding diaryl/α,β-unsaturated/α-hetero) is 2. The lowest BCUT2D eigenvalue weighted by atomic mass is 9.90. The number of aromatic amines is 2. The molecule has 496 valence electrons. The minimum absolute atomic E-state index is 0.0110. The molecule has 3 heterocycles. The van der Waals surface area contributed by atoms with Gasteiger partial charge in [-0.3, -0.25) is 53.0 Å². The maximum Gasteiger partial charge on any atom is 0.315 e. The smallest absolute Gasteiger partial charge is 0.315 e. The molecular formula is C67H87N15O11. The number of nitrogens with zero attached hydrogens (tertiary/aromatic N) is 2. The summed E-state index contributed by atoms with van der Waals surface area (Å²) in [6.45, 7) is 5.04. The number of H-pyrrole nitrogens is 2. The summed E-state index contributed by atoms with van der Waals surface area (Å²) in [6.07, 6.45) is 4.50. The van der Waals surface area contributed by atoms with Crippen molar-refractivity contribution in [3.8, 4) is 5.75 Å². The molecule has 6 aromatic rings. The number of hydrogen-bond acceptors (Lipinski definition) is 13. The fraction of sp³-hybridized carbons (Fsp3) is 0.418. The standard InChI is InChI=1S/C67H87N15O11/c1-39(2)28-52(58(85)33-43(16-12-26-72-66(70)71-4)62(89)79-54(61(69)88)31-44-35-73-50-19-10-8-17-48(44)50)81-67(93)75-37-59(86)53(29-41-14-6-5-7-15-41)78-65(92)57-21-13-27-82(57)38-46(34-60(68)87)77-63(90)56(32-45-36-74-51-20-11-9-18-49(45)51)80-64(91)55(76-40(3)83)30-42-22-24-47(84)25-23-42/h5-11,14-15,17-20,22-25,35-36,39,43,46,52-57,73-74,84H,12-13,16,21,26-34,37-38H2,1-4H3,(H2,68,87)(H2,69,88)(H,76,83)(H,77,90)(H,78,92)(H,79,89)(H,80,91)(H3,70,71,72)(H2,75,81,93)/t43-,46+,52+,53+,54+,55-,56-,57-/m1/s1. The van der Waals surface area contributed by atoms with Gasteiger partial charge in [-0.1, -0.05) is 92.7 Å². The molecule has 26 nitrogen and oxygen atoms in total. The summed E-state index contributed by atoms with van der Waals surface area (Å²) in [7, 11) is 1.52. The van der Waals surface area contributed by atoms with Crippen LogP contribution >= 0.6 is 0 Å². The Hall–Kier alpha value is -10.1. The van der Waals surface area contributed by atoms with Gasteiger partial charge in [-0.05, 0) is 97.5 Å². The topological polar surface area (TPSA) is 412 Å². The largest absolute Gasteiger partial charge is 0.508 e. The zero-order chi connectivity index (χ0) is 67.1. The number of benzene rings is 4. The highest BCUT2D eigenvalue weighted by atomic mass is 16.3. The summed E-state index contributed by atoms with van der Waals surface area (Å²) >= 11 is 0. The van der Waals surface area contributed by atoms with Crippen molar-refractivity contribution in [3.63, 3.8) is 0 Å². The van der Waals surface area contributed by atoms with Crippen molar-refractivity contribution < 1.29 is 53.1 Å². The summed E-state index contributed by atoms with van der Waals surface area (Å²) in [5.74, 6) is -6.43. The molecule has 4 aromatic carbocycles. The molecule has 93 heavy (non-hydrogen) atoms. The molecule has 0 saturated carbocycles. The van der Waals surface area contributed by atoms with E-state index < -0.39 is 114 Å². The highest BCUT2D eigenvalue weighted by Crippen LogP contribution is 2.24. The van der Waals surface area contributed by atoms with Gasteiger partial charge in [-0.15, -0.1) is 0 Å². The predicted molar refractivity (Wildman–Crippen MR) is 352 cm³/mol. The van der Waals surface area contributed by atoms with Crippen LogP contribution in [0.25, 0.3) is 21.8 Å². The zero-order valence-corrected chi connectivity index (χ0v) is 52.9. The molecule has 0 aliphatic carbocycles. The molecule has 7 rings (SSSR count). The molecule has 1 fully saturated rings. The zero-order valence-electron chi connectivity index (χ0n) is 52.9. The van der Waals surface area contributed by atoms with Crippen LogP contribution in [-0.2, 0) is 68.8 Å². The minimum atomic E-state index is -1.26. The van der Waals surface area contributed by atoms with Crippen LogP contribution < -0.4 is 59.7 Å². The number of para-hydroxylation sites is 2. The van der Waals surface area contributed by atoms with Crippen molar-refractivity contribution in [1.82, 2.24) is 57.4 Å². The third-order valence-corrected chi connectivity index (χ3v) is 16.4. The molecule has 8 atom stereocenters. The van der Waals surface area contributed by atoms with Crippen molar-refractivity contribution in [2.45, 2.75) is 134 Å². The maximum absolute atomic E-state index is 14.6. The molecule has 1 saturated heterocycles. The molecule has 9 amide bonds. The highest BCUT2D eigenvalue weighted by Gasteiger charge is 2.37. The highest BCUT2D eigenvalue weighted by molar-refractivity contribution is 5.97. The Labute approximate surface area is 539 Å². The van der Waals surface area contributed by atoms with E-state index in [2.05, 4.69) is 57.5 Å². The Bertz CT molecular complexity index is 3610. The Morgan fingerprint density at radius 2 is 1.20 bits per heavy atom. The molecule has 26 heteroatoms. The molecule has 1 aliphatic rings. The lowest BCUT2D eigenvalue weighted by Crippen LogP contribution is -2.58. The van der Waals surface area contributed by atoms with Crippen LogP contribution in [0.2, 0.25) is 0 Å². The van der Waals surface area contributed by atoms with Gasteiger partial charge < -0.3 is 74.8 Å². The van der Waals surface area contributed by atoms with Crippen LogP contribution in [0.3, 0.4) is 0 Å². The van der Waals surface area contributed by atoms with Crippen LogP contribution in [0, 0.1) is 11.8 Å². The lowest BCUT2D eigenvalue weighted by molar-refractivity contribution is -0.133. The molecule has 0 unspecified atom stereocenters. The minimum Gasteiger partial charge on any atom is -0.508 e. The summed E-state index contributed by atoms with van der Waals surface area (Å²) in [4.78, 5) is 150. The van der Waals surface area contributed by atoms with E-state index in [1.54, 1.807) is 59.8 Å². The summed E-state index contributed by atoms with van der Waals surface area (Å²) in [6, 6.07) is 21.5. The number of phenols is 1. The average Bonchev–Trinajstić information content (AvgIpc) is 1.76. The maximum atomic E-state index is 14.6. The number of phenolic OH excluding ortho intramolecular Hbond substituents is 1. The van der Waals surface area contributed by atoms with Gasteiger partial charge in [-0.2, -0.15) is 0 Å². The van der Waals surface area contributed by atoms with Gasteiger partial charge in [-0.25, -0.2) is 4.79 Å². The Morgan fingerprint density at radius 1 is 0.624 bits per heavy atom. The third-order valence-electron chi connectivity index (χ3n) is 16.4. The van der Waals surface area contributed by atoms with Crippen LogP contribution in [0.5, 0.6) is 5.75 Å². The van der Waals surface area contributed by atoms with Gasteiger partial charge in [0.25, 0.3) is 0 Å². The molecule has 0 bridgehead atoms. The molecule has 0 radical (unpaired) electrons. The van der Waals surface area contributed by atoms with Crippen LogP contribution in [0.1, 0.15) is 88.0 Å². The number of nitrogens with one attached hydrogen (secondary N) is 10. The molecule has 1 aliphatic heterocycles. The predicted octanol–water partition coefficient (Wildman–Crippen LogP) is 2.07. The van der Waals surface area contributed by atoms with Gasteiger partial charge in [0.05, 0.1) is 30.7 Å². The first-order valence-electron chi connectivity index (χ1n) is 31.3. The Kier molecular flexibility index (Phi) is 26.0. The number of urea groups is 1. The van der Waals surface area contributed by atoms with E-state index in [-0.39, 0.29) is 75.5 Å². The summed E-state index contributed by atoms with van der Waals surface area (Å²) in [5.41, 5.74) is 21.9. The number of aliphatic imine (C=N–C) groups is 1. The average molecular weight is 1280 g/mol. The van der Waals surface area contributed by atoms with E-state index in [0.717, 1.165) is 27.4 Å². The number of ketones is 2. The molecule has 0 spiro atoms. The fourth-order valence-electron chi connectivity index (χ4n) is 11.6. The third kappa shape index (κ3) is 21.5. The van der Waals surface area contributed by atoms with Gasteiger partial charge in [0.1, 0.15) is 23.9 Å². The van der Waals surface area contributed by atoms with Crippen LogP contribution in [0.4, 0.5) is 4.79 Å². The SMILES string of the molecule is CN=C(N)NCCC[C@H](CC(=O)[C@H](CC(C)C)NC(=O)NCC(=O)[C@H](Cc1ccccc1)NC(=O)[C@H]1CCCN1C[C@H](CC(N)=O)NC(=O)[C@@H](Cc1c[nH]c2ccccc12)NC(=O)[C@@H](Cc1ccc(O)cc1)NC(C)=O)C(=O)N[C@@H](Cc1c[nH]c2ccccc12)C(N)=O. The van der Waals surface area contributed by atoms with E-state index in [1.807, 2.05) is 62.4 Å². The summed E-state index contributed by atoms with van der Waals surface area (Å²) in [5, 5.41) is 33.9. The van der Waals surface area contributed by atoms with Crippen molar-refractivity contribution >= 4 is 86.7 Å². The van der Waals surface area contributed by atoms with Crippen molar-refractivity contribution in [1.29, 1.82) is 0 Å². The molecule has 17 N–H and O–H groups in total. The van der Waals surface area contributed by atoms with E-state index in [9.17, 15) is 53.1 Å². The number of guanidine groups is 1. The number of fused-ring (bicyclic) bond motifs is 2. The van der Waals surface area contributed by atoms with Crippen molar-refractivity contribution in [2.24, 2.45) is 34.0 Å². The van der Waals surface area contributed by atoms with E-state index in [0.29, 0.717) is 49.0 Å². The number of aromatic hydroxyl groups is 1. The van der Waals surface area contributed by atoms with E-state index in [1.165, 1.54) is 26.1 Å². The summed E-state index contributed by atoms with van der Waals surface area (Å²) < 4.78 is 0. The van der Waals surface area contributed by atoms with Gasteiger partial charge in [0, 0.05) is 99.3 Å². The number of aromatic nitrogens is 2. The number of nitrogens with two attached hydrogens (primary N) is 3. The first kappa shape index (κ1) is 70.3. The molecular weight excluding hydrogens is 1190 g/mol. The second-order valence-corrected chi connectivity index (χ2v) is 24.1. The molecule has 2 aromatic heterocycles. The number of rotatable bonds is 35. The number of likely N-dealkylation sites (tertiary alicyclic amines) is 1. The van der Waals surface area contributed by atoms with Gasteiger partial charge >= 0.3 is 6.03 Å². The van der Waals surface area contributed by atoms with E-state index in [4.69, 9.17) is 17.2 Å². The van der Waals surface area contributed by atoms with Gasteiger partial charge in [0.2, 0.25) is 41.4 Å². The number of carbonyl (C=O) groups is 10. The number of hydrogen-bond donors (Lipinski definition) is 14. The van der Waals surface area contributed by atoms with Crippen LogP contribution in [-0.4, -0.2) is 160 Å².